The van der Waals surface area contributed by atoms with E-state index in [0.29, 0.717) is 25.2 Å². The van der Waals surface area contributed by atoms with Crippen LogP contribution < -0.4 is 0 Å². The Balaban J connectivity index is -0.00000116. The molecule has 3 unspecified atom stereocenters. The van der Waals surface area contributed by atoms with E-state index in [1.165, 1.54) is 0 Å². The Hall–Kier alpha value is -1.90. The Morgan fingerprint density at radius 3 is 2.23 bits per heavy atom. The zero-order valence-electron chi connectivity index (χ0n) is 24.6. The molecule has 0 saturated carbocycles. The van der Waals surface area contributed by atoms with Gasteiger partial charge in [0.1, 0.15) is 11.0 Å². The molecule has 0 N–H and O–H groups in total. The molecule has 1 saturated heterocycles. The summed E-state index contributed by atoms with van der Waals surface area (Å²) in [7, 11) is -1.22. The topological polar surface area (TPSA) is 40.6 Å². The van der Waals surface area contributed by atoms with E-state index in [4.69, 9.17) is 6.42 Å². The van der Waals surface area contributed by atoms with Gasteiger partial charge in [-0.3, -0.25) is 4.79 Å². The van der Waals surface area contributed by atoms with Gasteiger partial charge in [-0.15, -0.1) is 6.42 Å². The molecule has 35 heavy (non-hydrogen) atoms. The number of hydrogen-bond acceptors (Lipinski definition) is 2. The fourth-order valence-electron chi connectivity index (χ4n) is 3.27. The van der Waals surface area contributed by atoms with E-state index >= 15 is 0 Å². The molecule has 0 bridgehead atoms. The standard InChI is InChI=1S/C22H30N2O2S.4C2H6/c1-5-8-11-20(7-3)22(25)23-15-16-24(18(4)17-23)27(26)21-12-9-10-19(6-2)13-14-21;4*1-2/h2,7-8,11-14,18-19H,5,9-10,15-17H2,1,3-4H3;4*1-2H3/b11-8-,20-7+;;;;. The smallest absolute Gasteiger partial charge is 0.253 e. The van der Waals surface area contributed by atoms with Gasteiger partial charge >= 0.3 is 0 Å². The lowest BCUT2D eigenvalue weighted by Gasteiger charge is -2.39. The molecule has 1 amide bonds. The molecule has 202 valence electrons. The number of rotatable bonds is 5. The van der Waals surface area contributed by atoms with Crippen molar-refractivity contribution in [2.45, 2.75) is 101 Å². The van der Waals surface area contributed by atoms with Gasteiger partial charge in [0, 0.05) is 37.2 Å². The van der Waals surface area contributed by atoms with Crippen LogP contribution in [0.15, 0.2) is 46.9 Å². The highest BCUT2D eigenvalue weighted by atomic mass is 32.2. The summed E-state index contributed by atoms with van der Waals surface area (Å²) in [5, 5.41) is 0. The van der Waals surface area contributed by atoms with Gasteiger partial charge in [0.15, 0.2) is 0 Å². The number of allylic oxidation sites excluding steroid dienone is 5. The number of hydrogen-bond donors (Lipinski definition) is 0. The van der Waals surface area contributed by atoms with Crippen LogP contribution in [-0.2, 0) is 15.8 Å². The van der Waals surface area contributed by atoms with Crippen molar-refractivity contribution < 1.29 is 9.00 Å². The molecule has 2 aliphatic rings. The van der Waals surface area contributed by atoms with Crippen LogP contribution in [0.1, 0.15) is 95.4 Å². The fourth-order valence-corrected chi connectivity index (χ4v) is 4.64. The molecule has 3 atom stereocenters. The van der Waals surface area contributed by atoms with Crippen molar-refractivity contribution in [2.24, 2.45) is 5.92 Å². The predicted octanol–water partition coefficient (Wildman–Crippen LogP) is 7.68. The van der Waals surface area contributed by atoms with Crippen molar-refractivity contribution in [1.82, 2.24) is 9.21 Å². The summed E-state index contributed by atoms with van der Waals surface area (Å²) in [4.78, 5) is 15.4. The highest BCUT2D eigenvalue weighted by molar-refractivity contribution is 7.86. The lowest BCUT2D eigenvalue weighted by atomic mass is 10.1. The first-order chi connectivity index (χ1) is 17.0. The molecule has 5 heteroatoms. The maximum atomic E-state index is 13.1. The number of nitrogens with zero attached hydrogens (tertiary/aromatic N) is 2. The molecule has 1 aliphatic carbocycles. The van der Waals surface area contributed by atoms with Gasteiger partial charge in [-0.25, -0.2) is 8.51 Å². The third-order valence-corrected chi connectivity index (χ3v) is 6.56. The Bertz CT molecular complexity index is 729. The summed E-state index contributed by atoms with van der Waals surface area (Å²) in [6, 6.07) is 0.0257. The Kier molecular flexibility index (Phi) is 27.1. The fraction of sp³-hybridized carbons (Fsp3) is 0.633. The zero-order valence-corrected chi connectivity index (χ0v) is 25.4. The Morgan fingerprint density at radius 1 is 1.14 bits per heavy atom. The average Bonchev–Trinajstić information content (AvgIpc) is 3.19. The Labute approximate surface area is 221 Å². The quantitative estimate of drug-likeness (QED) is 0.218. The molecule has 0 aromatic rings. The molecule has 0 radical (unpaired) electrons. The molecular weight excluding hydrogens is 452 g/mol. The van der Waals surface area contributed by atoms with Crippen LogP contribution in [0, 0.1) is 18.3 Å². The molecule has 0 aromatic heterocycles. The number of carbonyl (C=O) groups excluding carboxylic acids is 1. The van der Waals surface area contributed by atoms with Gasteiger partial charge in [0.05, 0.1) is 4.91 Å². The maximum absolute atomic E-state index is 13.1. The largest absolute Gasteiger partial charge is 0.336 e. The van der Waals surface area contributed by atoms with Crippen LogP contribution in [0.2, 0.25) is 0 Å². The van der Waals surface area contributed by atoms with Crippen molar-refractivity contribution in [1.29, 1.82) is 0 Å². The second-order valence-corrected chi connectivity index (χ2v) is 8.30. The molecule has 1 heterocycles. The number of amides is 1. The SMILES string of the molecule is C#CC1C=CC(S(=O)N2CCN(C(=O)C(/C=C\CC)=C/C)CC2C)=CCC1.CC.CC.CC.CC. The molecule has 4 nitrogen and oxygen atoms in total. The molecule has 1 fully saturated rings. The highest BCUT2D eigenvalue weighted by Gasteiger charge is 2.31. The minimum absolute atomic E-state index is 0.0257. The summed E-state index contributed by atoms with van der Waals surface area (Å²) < 4.78 is 15.0. The zero-order chi connectivity index (χ0) is 27.8. The number of piperazine rings is 1. The van der Waals surface area contributed by atoms with Gasteiger partial charge in [-0.2, -0.15) is 0 Å². The van der Waals surface area contributed by atoms with Crippen molar-refractivity contribution in [2.75, 3.05) is 19.6 Å². The van der Waals surface area contributed by atoms with E-state index in [0.717, 1.165) is 24.2 Å². The number of carbonyl (C=O) groups is 1. The third kappa shape index (κ3) is 13.7. The summed E-state index contributed by atoms with van der Waals surface area (Å²) in [5.41, 5.74) is 0.716. The van der Waals surface area contributed by atoms with Gasteiger partial charge in [-0.1, -0.05) is 98.6 Å². The minimum Gasteiger partial charge on any atom is -0.336 e. The monoisotopic (exact) mass is 506 g/mol. The second-order valence-electron chi connectivity index (χ2n) is 6.86. The first kappa shape index (κ1) is 37.6. The summed E-state index contributed by atoms with van der Waals surface area (Å²) in [5.74, 6) is 2.91. The molecule has 2 rings (SSSR count). The van der Waals surface area contributed by atoms with Gasteiger partial charge < -0.3 is 4.90 Å². The second kappa shape index (κ2) is 25.2. The van der Waals surface area contributed by atoms with E-state index in [1.54, 1.807) is 0 Å². The van der Waals surface area contributed by atoms with Gasteiger partial charge in [-0.05, 0) is 39.2 Å². The highest BCUT2D eigenvalue weighted by Crippen LogP contribution is 2.23. The van der Waals surface area contributed by atoms with Crippen LogP contribution >= 0.6 is 0 Å². The van der Waals surface area contributed by atoms with Gasteiger partial charge in [0.2, 0.25) is 0 Å². The third-order valence-electron chi connectivity index (χ3n) is 4.89. The van der Waals surface area contributed by atoms with Gasteiger partial charge in [0.25, 0.3) is 5.91 Å². The summed E-state index contributed by atoms with van der Waals surface area (Å²) >= 11 is 0. The van der Waals surface area contributed by atoms with Crippen molar-refractivity contribution in [3.05, 3.63) is 46.9 Å². The predicted molar refractivity (Wildman–Crippen MR) is 158 cm³/mol. The lowest BCUT2D eigenvalue weighted by molar-refractivity contribution is -0.128. The number of terminal acetylenes is 1. The lowest BCUT2D eigenvalue weighted by Crippen LogP contribution is -2.54. The van der Waals surface area contributed by atoms with Crippen LogP contribution in [0.25, 0.3) is 0 Å². The molecular formula is C30H54N2O2S. The van der Waals surface area contributed by atoms with Crippen molar-refractivity contribution in [3.8, 4) is 12.3 Å². The maximum Gasteiger partial charge on any atom is 0.253 e. The van der Waals surface area contributed by atoms with Crippen molar-refractivity contribution >= 4 is 16.9 Å². The van der Waals surface area contributed by atoms with Crippen LogP contribution in [0.5, 0.6) is 0 Å². The average molecular weight is 507 g/mol. The van der Waals surface area contributed by atoms with E-state index < -0.39 is 11.0 Å². The molecule has 0 aromatic carbocycles. The molecule has 0 spiro atoms. The first-order valence-electron chi connectivity index (χ1n) is 13.7. The van der Waals surface area contributed by atoms with E-state index in [1.807, 2.05) is 122 Å². The minimum atomic E-state index is -1.22. The van der Waals surface area contributed by atoms with E-state index in [-0.39, 0.29) is 17.9 Å². The molecule has 1 aliphatic heterocycles. The Morgan fingerprint density at radius 2 is 1.74 bits per heavy atom. The van der Waals surface area contributed by atoms with Crippen LogP contribution in [-0.4, -0.2) is 45.0 Å². The summed E-state index contributed by atoms with van der Waals surface area (Å²) in [6.45, 7) is 23.7. The van der Waals surface area contributed by atoms with E-state index in [2.05, 4.69) is 5.92 Å². The van der Waals surface area contributed by atoms with E-state index in [9.17, 15) is 9.00 Å². The normalized spacial score (nSPS) is 20.6. The first-order valence-corrected chi connectivity index (χ1v) is 14.8. The van der Waals surface area contributed by atoms with Crippen LogP contribution in [0.3, 0.4) is 0 Å². The van der Waals surface area contributed by atoms with Crippen molar-refractivity contribution in [3.63, 3.8) is 0 Å². The van der Waals surface area contributed by atoms with Crippen LogP contribution in [0.4, 0.5) is 0 Å². The summed E-state index contributed by atoms with van der Waals surface area (Å²) in [6.07, 6.45) is 19.8.